The molecule has 118 valence electrons. The summed E-state index contributed by atoms with van der Waals surface area (Å²) in [4.78, 5) is 0. The maximum absolute atomic E-state index is 12.5. The molecule has 0 bridgehead atoms. The van der Waals surface area contributed by atoms with Crippen LogP contribution in [0.15, 0.2) is 24.3 Å². The molecule has 1 aromatic carbocycles. The van der Waals surface area contributed by atoms with E-state index in [-0.39, 0.29) is 17.7 Å². The van der Waals surface area contributed by atoms with E-state index in [4.69, 9.17) is 5.84 Å². The zero-order valence-corrected chi connectivity index (χ0v) is 12.0. The van der Waals surface area contributed by atoms with Crippen molar-refractivity contribution in [1.29, 1.82) is 0 Å². The summed E-state index contributed by atoms with van der Waals surface area (Å²) in [5.74, 6) is 6.24. The number of benzene rings is 1. The first-order valence-electron chi connectivity index (χ1n) is 7.21. The highest BCUT2D eigenvalue weighted by molar-refractivity contribution is 5.36. The van der Waals surface area contributed by atoms with Crippen LogP contribution in [0.1, 0.15) is 44.2 Å². The van der Waals surface area contributed by atoms with Gasteiger partial charge in [0.1, 0.15) is 5.75 Å². The molecule has 3 unspecified atom stereocenters. The van der Waals surface area contributed by atoms with E-state index in [9.17, 15) is 13.2 Å². The minimum atomic E-state index is -4.70. The monoisotopic (exact) mass is 302 g/mol. The van der Waals surface area contributed by atoms with Gasteiger partial charge in [-0.15, -0.1) is 13.2 Å². The van der Waals surface area contributed by atoms with Gasteiger partial charge in [-0.2, -0.15) is 0 Å². The summed E-state index contributed by atoms with van der Waals surface area (Å²) in [5, 5.41) is 0. The normalized spacial score (nSPS) is 24.6. The second kappa shape index (κ2) is 6.66. The van der Waals surface area contributed by atoms with Gasteiger partial charge in [0.25, 0.3) is 0 Å². The minimum absolute atomic E-state index is 0.175. The number of hydrazine groups is 1. The van der Waals surface area contributed by atoms with Crippen molar-refractivity contribution in [2.45, 2.75) is 45.0 Å². The summed E-state index contributed by atoms with van der Waals surface area (Å²) >= 11 is 0. The number of para-hydroxylation sites is 1. The summed E-state index contributed by atoms with van der Waals surface area (Å²) in [6, 6.07) is 5.88. The third-order valence-corrected chi connectivity index (χ3v) is 4.11. The quantitative estimate of drug-likeness (QED) is 0.654. The van der Waals surface area contributed by atoms with Crippen LogP contribution in [0.3, 0.4) is 0 Å². The smallest absolute Gasteiger partial charge is 0.405 e. The van der Waals surface area contributed by atoms with Gasteiger partial charge >= 0.3 is 6.36 Å². The first-order chi connectivity index (χ1) is 9.90. The number of alkyl halides is 3. The van der Waals surface area contributed by atoms with Crippen LogP contribution in [0.25, 0.3) is 0 Å². The van der Waals surface area contributed by atoms with E-state index in [2.05, 4.69) is 17.1 Å². The molecule has 0 aromatic heterocycles. The number of ether oxygens (including phenoxy) is 1. The van der Waals surface area contributed by atoms with Crippen molar-refractivity contribution in [1.82, 2.24) is 5.43 Å². The number of nitrogens with two attached hydrogens (primary N) is 1. The zero-order valence-electron chi connectivity index (χ0n) is 12.0. The lowest BCUT2D eigenvalue weighted by atomic mass is 9.77. The summed E-state index contributed by atoms with van der Waals surface area (Å²) < 4.78 is 41.7. The number of hydrogen-bond donors (Lipinski definition) is 2. The summed E-state index contributed by atoms with van der Waals surface area (Å²) in [7, 11) is 0. The molecule has 3 N–H and O–H groups in total. The topological polar surface area (TPSA) is 47.3 Å². The maximum atomic E-state index is 12.5. The molecule has 1 aliphatic carbocycles. The molecule has 0 aliphatic heterocycles. The second-order valence-corrected chi connectivity index (χ2v) is 5.76. The Morgan fingerprint density at radius 1 is 1.29 bits per heavy atom. The van der Waals surface area contributed by atoms with Gasteiger partial charge in [-0.25, -0.2) is 0 Å². The summed E-state index contributed by atoms with van der Waals surface area (Å²) in [6.07, 6.45) is -0.551. The summed E-state index contributed by atoms with van der Waals surface area (Å²) in [6.45, 7) is 2.16. The fourth-order valence-electron chi connectivity index (χ4n) is 3.22. The van der Waals surface area contributed by atoms with Crippen LogP contribution in [0, 0.1) is 11.8 Å². The van der Waals surface area contributed by atoms with Crippen LogP contribution in [-0.2, 0) is 0 Å². The van der Waals surface area contributed by atoms with Crippen molar-refractivity contribution < 1.29 is 17.9 Å². The Morgan fingerprint density at radius 2 is 2.00 bits per heavy atom. The highest BCUT2D eigenvalue weighted by atomic mass is 19.4. The fourth-order valence-corrected chi connectivity index (χ4v) is 3.22. The van der Waals surface area contributed by atoms with E-state index in [1.54, 1.807) is 12.1 Å². The molecule has 2 rings (SSSR count). The number of halogens is 3. The lowest BCUT2D eigenvalue weighted by Gasteiger charge is -2.33. The molecular weight excluding hydrogens is 281 g/mol. The van der Waals surface area contributed by atoms with Gasteiger partial charge in [0.2, 0.25) is 0 Å². The Bertz CT molecular complexity index is 464. The molecule has 3 nitrogen and oxygen atoms in total. The third kappa shape index (κ3) is 4.35. The molecule has 0 heterocycles. The van der Waals surface area contributed by atoms with E-state index in [1.807, 2.05) is 0 Å². The minimum Gasteiger partial charge on any atom is -0.405 e. The molecule has 6 heteroatoms. The SMILES string of the molecule is CC1CCCC(C(NN)c2ccccc2OC(F)(F)F)C1. The van der Waals surface area contributed by atoms with Crippen molar-refractivity contribution in [3.05, 3.63) is 29.8 Å². The Kier molecular flexibility index (Phi) is 5.11. The van der Waals surface area contributed by atoms with Crippen molar-refractivity contribution in [2.75, 3.05) is 0 Å². The predicted octanol–water partition coefficient (Wildman–Crippen LogP) is 3.92. The van der Waals surface area contributed by atoms with E-state index in [0.717, 1.165) is 25.7 Å². The lowest BCUT2D eigenvalue weighted by Crippen LogP contribution is -2.36. The van der Waals surface area contributed by atoms with Crippen molar-refractivity contribution in [3.8, 4) is 5.75 Å². The Morgan fingerprint density at radius 3 is 2.62 bits per heavy atom. The Hall–Kier alpha value is -1.27. The molecule has 0 spiro atoms. The molecule has 0 radical (unpaired) electrons. The number of hydrogen-bond acceptors (Lipinski definition) is 3. The molecule has 3 atom stereocenters. The van der Waals surface area contributed by atoms with Gasteiger partial charge in [-0.1, -0.05) is 38.0 Å². The van der Waals surface area contributed by atoms with Crippen molar-refractivity contribution in [3.63, 3.8) is 0 Å². The van der Waals surface area contributed by atoms with Gasteiger partial charge in [0.15, 0.2) is 0 Å². The van der Waals surface area contributed by atoms with Crippen LogP contribution in [0.5, 0.6) is 5.75 Å². The van der Waals surface area contributed by atoms with Gasteiger partial charge < -0.3 is 4.74 Å². The Balaban J connectivity index is 2.25. The second-order valence-electron chi connectivity index (χ2n) is 5.76. The van der Waals surface area contributed by atoms with E-state index in [1.165, 1.54) is 12.1 Å². The van der Waals surface area contributed by atoms with E-state index < -0.39 is 6.36 Å². The fraction of sp³-hybridized carbons (Fsp3) is 0.600. The largest absolute Gasteiger partial charge is 0.573 e. The standard InChI is InChI=1S/C15H21F3N2O/c1-10-5-4-6-11(9-10)14(20-19)12-7-2-3-8-13(12)21-15(16,17)18/h2-3,7-8,10-11,14,20H,4-6,9,19H2,1H3. The van der Waals surface area contributed by atoms with Gasteiger partial charge in [0.05, 0.1) is 6.04 Å². The average molecular weight is 302 g/mol. The van der Waals surface area contributed by atoms with Crippen LogP contribution in [-0.4, -0.2) is 6.36 Å². The van der Waals surface area contributed by atoms with Crippen molar-refractivity contribution in [2.24, 2.45) is 17.7 Å². The maximum Gasteiger partial charge on any atom is 0.573 e. The van der Waals surface area contributed by atoms with Crippen LogP contribution >= 0.6 is 0 Å². The van der Waals surface area contributed by atoms with E-state index >= 15 is 0 Å². The van der Waals surface area contributed by atoms with Gasteiger partial charge in [-0.3, -0.25) is 11.3 Å². The molecule has 0 saturated heterocycles. The molecule has 1 aromatic rings. The average Bonchev–Trinajstić information content (AvgIpc) is 2.40. The van der Waals surface area contributed by atoms with Gasteiger partial charge in [0, 0.05) is 5.56 Å². The molecule has 21 heavy (non-hydrogen) atoms. The molecular formula is C15H21F3N2O. The Labute approximate surface area is 122 Å². The number of rotatable bonds is 4. The highest BCUT2D eigenvalue weighted by Crippen LogP contribution is 2.40. The third-order valence-electron chi connectivity index (χ3n) is 4.11. The molecule has 1 saturated carbocycles. The van der Waals surface area contributed by atoms with Crippen molar-refractivity contribution >= 4 is 0 Å². The van der Waals surface area contributed by atoms with Crippen LogP contribution < -0.4 is 16.0 Å². The van der Waals surface area contributed by atoms with Gasteiger partial charge in [-0.05, 0) is 30.7 Å². The lowest BCUT2D eigenvalue weighted by molar-refractivity contribution is -0.275. The number of nitrogens with one attached hydrogen (secondary N) is 1. The summed E-state index contributed by atoms with van der Waals surface area (Å²) in [5.41, 5.74) is 3.16. The predicted molar refractivity (Wildman–Crippen MR) is 74.3 cm³/mol. The van der Waals surface area contributed by atoms with Crippen LogP contribution in [0.4, 0.5) is 13.2 Å². The first-order valence-corrected chi connectivity index (χ1v) is 7.21. The molecule has 1 fully saturated rings. The molecule has 1 aliphatic rings. The van der Waals surface area contributed by atoms with E-state index in [0.29, 0.717) is 11.5 Å². The van der Waals surface area contributed by atoms with Crippen LogP contribution in [0.2, 0.25) is 0 Å². The first kappa shape index (κ1) is 16.1. The molecule has 0 amide bonds. The highest BCUT2D eigenvalue weighted by Gasteiger charge is 2.34. The zero-order chi connectivity index (χ0) is 15.5.